The number of unbranched alkanes of at least 4 members (excludes halogenated alkanes) is 1. The van der Waals surface area contributed by atoms with Gasteiger partial charge >= 0.3 is 0 Å². The summed E-state index contributed by atoms with van der Waals surface area (Å²) in [6, 6.07) is 12.6. The molecule has 1 unspecified atom stereocenters. The Bertz CT molecular complexity index is 1340. The summed E-state index contributed by atoms with van der Waals surface area (Å²) in [5, 5.41) is 0. The molecule has 2 aromatic heterocycles. The molecule has 2 aliphatic heterocycles. The van der Waals surface area contributed by atoms with Crippen molar-refractivity contribution in [3.8, 4) is 5.88 Å². The topological polar surface area (TPSA) is 64.6 Å². The maximum absolute atomic E-state index is 13.7. The Morgan fingerprint density at radius 1 is 1.09 bits per heavy atom. The van der Waals surface area contributed by atoms with Gasteiger partial charge in [0.15, 0.2) is 0 Å². The van der Waals surface area contributed by atoms with E-state index in [0.717, 1.165) is 62.1 Å². The Morgan fingerprint density at radius 3 is 2.40 bits per heavy atom. The first kappa shape index (κ1) is 38.6. The van der Waals surface area contributed by atoms with Crippen molar-refractivity contribution in [1.29, 1.82) is 0 Å². The number of aromatic nitrogens is 2. The van der Waals surface area contributed by atoms with Crippen molar-refractivity contribution in [2.45, 2.75) is 85.4 Å². The van der Waals surface area contributed by atoms with Crippen LogP contribution in [0.25, 0.3) is 0 Å². The predicted octanol–water partition coefficient (Wildman–Crippen LogP) is 8.24. The van der Waals surface area contributed by atoms with E-state index in [1.54, 1.807) is 18.4 Å². The number of anilines is 1. The van der Waals surface area contributed by atoms with Crippen molar-refractivity contribution in [3.05, 3.63) is 94.8 Å². The van der Waals surface area contributed by atoms with Crippen LogP contribution in [0.1, 0.15) is 81.3 Å². The summed E-state index contributed by atoms with van der Waals surface area (Å²) in [5.41, 5.74) is 3.91. The number of ether oxygens (including phenoxy) is 2. The smallest absolute Gasteiger partial charge is 0.215 e. The van der Waals surface area contributed by atoms with Gasteiger partial charge in [0, 0.05) is 80.5 Å². The molecule has 0 saturated carbocycles. The number of pyridine rings is 2. The largest absolute Gasteiger partial charge is 0.473 e. The summed E-state index contributed by atoms with van der Waals surface area (Å²) in [6.07, 6.45) is 10.9. The van der Waals surface area contributed by atoms with Crippen LogP contribution in [-0.2, 0) is 16.1 Å². The van der Waals surface area contributed by atoms with E-state index in [1.165, 1.54) is 43.4 Å². The fourth-order valence-corrected chi connectivity index (χ4v) is 4.94. The Balaban J connectivity index is 0.000000303. The van der Waals surface area contributed by atoms with E-state index in [2.05, 4.69) is 35.3 Å². The van der Waals surface area contributed by atoms with E-state index in [1.807, 2.05) is 32.0 Å². The average Bonchev–Trinajstić information content (AvgIpc) is 2.98. The van der Waals surface area contributed by atoms with Gasteiger partial charge in [0.2, 0.25) is 5.88 Å². The number of benzene rings is 1. The van der Waals surface area contributed by atoms with Gasteiger partial charge in [0.25, 0.3) is 0 Å². The second kappa shape index (κ2) is 20.5. The van der Waals surface area contributed by atoms with Gasteiger partial charge in [-0.1, -0.05) is 37.1 Å². The molecule has 0 aliphatic carbocycles. The number of aryl methyl sites for hydroxylation is 2. The monoisotopic (exact) mass is 844 g/mol. The molecule has 0 radical (unpaired) electrons. The molecule has 0 amide bonds. The van der Waals surface area contributed by atoms with Gasteiger partial charge in [-0.3, -0.25) is 4.98 Å². The third-order valence-corrected chi connectivity index (χ3v) is 7.80. The van der Waals surface area contributed by atoms with E-state index in [4.69, 9.17) is 9.47 Å². The summed E-state index contributed by atoms with van der Waals surface area (Å²) in [7, 11) is 0. The van der Waals surface area contributed by atoms with Crippen molar-refractivity contribution in [2.75, 3.05) is 24.6 Å². The second-order valence-electron chi connectivity index (χ2n) is 11.6. The Morgan fingerprint density at radius 2 is 1.82 bits per heavy atom. The van der Waals surface area contributed by atoms with Crippen LogP contribution in [0.3, 0.4) is 0 Å². The molecule has 0 spiro atoms. The normalized spacial score (nSPS) is 15.7. The van der Waals surface area contributed by atoms with E-state index >= 15 is 0 Å². The van der Waals surface area contributed by atoms with Gasteiger partial charge < -0.3 is 19.2 Å². The minimum Gasteiger partial charge on any atom is -0.473 e. The summed E-state index contributed by atoms with van der Waals surface area (Å²) in [4.78, 5) is 20.8. The molecular weight excluding hydrogens is 798 g/mol. The number of nitrogens with zero attached hydrogens (tertiary/aromatic N) is 3. The van der Waals surface area contributed by atoms with Crippen LogP contribution in [0.15, 0.2) is 60.7 Å². The zero-order chi connectivity index (χ0) is 31.9. The van der Waals surface area contributed by atoms with E-state index in [9.17, 15) is 13.6 Å². The number of halogens is 2. The third-order valence-electron chi connectivity index (χ3n) is 7.80. The molecule has 242 valence electrons. The van der Waals surface area contributed by atoms with Crippen LogP contribution in [0.2, 0.25) is 0 Å². The second-order valence-corrected chi connectivity index (χ2v) is 11.6. The predicted molar refractivity (Wildman–Crippen MR) is 172 cm³/mol. The first-order valence-corrected chi connectivity index (χ1v) is 15.6. The number of carbonyl (C=O) groups excluding carboxylic acids is 1. The zero-order valence-electron chi connectivity index (χ0n) is 27.1. The molecule has 1 atom stereocenters. The molecular formula is C36H46F2N3O3U-. The Kier molecular flexibility index (Phi) is 17.6. The molecule has 4 heterocycles. The van der Waals surface area contributed by atoms with Gasteiger partial charge in [0.1, 0.15) is 24.1 Å². The molecule has 45 heavy (non-hydrogen) atoms. The first-order valence-electron chi connectivity index (χ1n) is 15.6. The number of allylic oxidation sites excluding steroid dienone is 1. The summed E-state index contributed by atoms with van der Waals surface area (Å²) in [6.45, 7) is 15.1. The maximum atomic E-state index is 13.7. The quantitative estimate of drug-likeness (QED) is 0.152. The van der Waals surface area contributed by atoms with Crippen molar-refractivity contribution in [3.63, 3.8) is 0 Å². The third kappa shape index (κ3) is 13.7. The van der Waals surface area contributed by atoms with E-state index < -0.39 is 11.6 Å². The maximum Gasteiger partial charge on any atom is 0.215 e. The van der Waals surface area contributed by atoms with Crippen molar-refractivity contribution >= 4 is 12.1 Å². The van der Waals surface area contributed by atoms with Crippen LogP contribution >= 0.6 is 0 Å². The van der Waals surface area contributed by atoms with Crippen LogP contribution in [-0.4, -0.2) is 42.1 Å². The standard InChI is InChI=1S/C21H24F2N2O.C8H8NO.C7H14O.U/c1-15(2)12-16-8-10-25(11-9-16)20-4-3-5-21(24-20)26-14-17-6-7-18(22)13-19(17)23;1-6-3-4-8(5-10)9-7(6)2;1-2-3-4-7-5-6-8-7;/h3-7,13,16H,1,8-12,14H2,2H3;3-4H,1-2H3;7H,2-6H2,1H3;/q;-1;;. The SMILES string of the molecule is C=C(C)CC1CCN(c2cccc(OCc3ccc(F)cc3F)n2)CC1.CCCCC1CCO1.Cc1ccc([C-]=O)nc1C.[U]. The molecule has 9 heteroatoms. The molecule has 0 bridgehead atoms. The van der Waals surface area contributed by atoms with Crippen LogP contribution in [0.4, 0.5) is 14.6 Å². The fraction of sp³-hybridized carbons (Fsp3) is 0.472. The minimum absolute atomic E-state index is 0. The van der Waals surface area contributed by atoms with E-state index in [0.29, 0.717) is 29.2 Å². The summed E-state index contributed by atoms with van der Waals surface area (Å²) < 4.78 is 37.5. The van der Waals surface area contributed by atoms with Crippen molar-refractivity contribution in [2.24, 2.45) is 5.92 Å². The van der Waals surface area contributed by atoms with Crippen molar-refractivity contribution in [1.82, 2.24) is 9.97 Å². The van der Waals surface area contributed by atoms with Gasteiger partial charge in [-0.2, -0.15) is 11.1 Å². The molecule has 2 saturated heterocycles. The molecule has 2 fully saturated rings. The minimum atomic E-state index is -0.610. The van der Waals surface area contributed by atoms with Crippen LogP contribution in [0, 0.1) is 62.5 Å². The van der Waals surface area contributed by atoms with Gasteiger partial charge in [-0.15, -0.1) is 12.6 Å². The number of hydrogen-bond donors (Lipinski definition) is 0. The van der Waals surface area contributed by atoms with Gasteiger partial charge in [-0.25, -0.2) is 8.78 Å². The number of rotatable bonds is 10. The van der Waals surface area contributed by atoms with Gasteiger partial charge in [0.05, 0.1) is 6.10 Å². The van der Waals surface area contributed by atoms with Gasteiger partial charge in [-0.05, 0) is 82.6 Å². The summed E-state index contributed by atoms with van der Waals surface area (Å²) >= 11 is 0. The Hall–Kier alpha value is -2.60. The molecule has 0 N–H and O–H groups in total. The summed E-state index contributed by atoms with van der Waals surface area (Å²) in [5.74, 6) is 0.804. The molecule has 5 rings (SSSR count). The Labute approximate surface area is 291 Å². The molecule has 3 aromatic rings. The van der Waals surface area contributed by atoms with Crippen LogP contribution < -0.4 is 9.64 Å². The van der Waals surface area contributed by atoms with Crippen molar-refractivity contribution < 1.29 is 54.2 Å². The zero-order valence-corrected chi connectivity index (χ0v) is 31.2. The first-order chi connectivity index (χ1) is 21.2. The molecule has 1 aromatic carbocycles. The molecule has 2 aliphatic rings. The van der Waals surface area contributed by atoms with E-state index in [-0.39, 0.29) is 37.7 Å². The average molecular weight is 845 g/mol. The molecule has 6 nitrogen and oxygen atoms in total. The number of hydrogen-bond acceptors (Lipinski definition) is 6. The van der Waals surface area contributed by atoms with Crippen LogP contribution in [0.5, 0.6) is 5.88 Å². The number of piperidine rings is 1. The fourth-order valence-electron chi connectivity index (χ4n) is 4.94.